The number of hydrogen-bond donors (Lipinski definition) is 13. The van der Waals surface area contributed by atoms with Crippen molar-refractivity contribution in [3.05, 3.63) is 50.6 Å². The van der Waals surface area contributed by atoms with E-state index in [0.29, 0.717) is 0 Å². The zero-order chi connectivity index (χ0) is 60.0. The van der Waals surface area contributed by atoms with E-state index in [0.717, 1.165) is 19.0 Å². The third kappa shape index (κ3) is 11.3. The predicted molar refractivity (Wildman–Crippen MR) is 294 cm³/mol. The molecule has 0 amide bonds. The summed E-state index contributed by atoms with van der Waals surface area (Å²) < 4.78 is 78.3. The molecule has 12 rings (SSSR count). The van der Waals surface area contributed by atoms with Gasteiger partial charge < -0.3 is 91.4 Å². The summed E-state index contributed by atoms with van der Waals surface area (Å²) in [6.07, 6.45) is -15.1. The van der Waals surface area contributed by atoms with Crippen molar-refractivity contribution in [2.45, 2.75) is 98.2 Å². The van der Waals surface area contributed by atoms with Crippen LogP contribution in [0.3, 0.4) is 0 Å². The molecule has 0 bridgehead atoms. The lowest BCUT2D eigenvalue weighted by Gasteiger charge is -2.27. The summed E-state index contributed by atoms with van der Waals surface area (Å²) in [5.74, 6) is -0.0000329. The fourth-order valence-corrected chi connectivity index (χ4v) is 14.3. The highest BCUT2D eigenvalue weighted by Crippen LogP contribution is 2.58. The van der Waals surface area contributed by atoms with Crippen LogP contribution in [0.25, 0.3) is 44.7 Å². The van der Waals surface area contributed by atoms with Crippen LogP contribution >= 0.6 is 32.5 Å². The molecule has 0 spiro atoms. The Morgan fingerprint density at radius 3 is 1.14 bits per heavy atom. The fourth-order valence-electron chi connectivity index (χ4n) is 9.97. The van der Waals surface area contributed by atoms with Gasteiger partial charge in [-0.2, -0.15) is 0 Å². The number of ether oxygens (including phenoxy) is 4. The van der Waals surface area contributed by atoms with Crippen LogP contribution in [-0.4, -0.2) is 218 Å². The van der Waals surface area contributed by atoms with Crippen molar-refractivity contribution in [2.75, 3.05) is 49.4 Å². The molecular weight excluding hydrogens is 1250 g/mol. The quantitative estimate of drug-likeness (QED) is 0.0263. The summed E-state index contributed by atoms with van der Waals surface area (Å²) in [5, 5.41) is 67.2. The molecule has 45 heteroatoms. The van der Waals surface area contributed by atoms with Gasteiger partial charge in [-0.15, -0.1) is 0 Å². The Balaban J connectivity index is 0.749. The second-order valence-electron chi connectivity index (χ2n) is 19.2. The van der Waals surface area contributed by atoms with E-state index in [1.165, 1.54) is 49.9 Å². The zero-order valence-corrected chi connectivity index (χ0v) is 48.0. The lowest BCUT2D eigenvalue weighted by molar-refractivity contribution is -0.0594. The molecule has 16 N–H and O–H groups in total. The Hall–Kier alpha value is -5.44. The molecule has 8 aromatic heterocycles. The lowest BCUT2D eigenvalue weighted by Crippen LogP contribution is -2.37. The number of aliphatic hydroxyl groups excluding tert-OH is 6. The monoisotopic (exact) mass is 1300 g/mol. The predicted octanol–water partition coefficient (Wildman–Crippen LogP) is -3.26. The van der Waals surface area contributed by atoms with Crippen LogP contribution in [0.2, 0.25) is 0 Å². The maximum absolute atomic E-state index is 14.1. The Bertz CT molecular complexity index is 3950. The van der Waals surface area contributed by atoms with Crippen molar-refractivity contribution >= 4 is 124 Å². The minimum Gasteiger partial charge on any atom is -0.394 e. The molecule has 3 unspecified atom stereocenters. The number of fused-ring (bicyclic) bond motifs is 4. The maximum Gasteiger partial charge on any atom is 0.386 e. The number of aliphatic hydroxyl groups is 6. The number of aromatic nitrogens is 16. The largest absolute Gasteiger partial charge is 0.394 e. The van der Waals surface area contributed by atoms with Crippen LogP contribution < -0.4 is 22.9 Å². The van der Waals surface area contributed by atoms with Crippen LogP contribution in [0.1, 0.15) is 24.9 Å². The summed E-state index contributed by atoms with van der Waals surface area (Å²) in [6, 6.07) is 0. The van der Waals surface area contributed by atoms with Crippen molar-refractivity contribution in [3.8, 4) is 0 Å². The van der Waals surface area contributed by atoms with Gasteiger partial charge in [0.2, 0.25) is 0 Å². The molecule has 4 fully saturated rings. The van der Waals surface area contributed by atoms with E-state index in [1.807, 2.05) is 0 Å². The molecule has 456 valence electrons. The van der Waals surface area contributed by atoms with E-state index >= 15 is 0 Å². The maximum atomic E-state index is 14.1. The number of thiol groups is 1. The highest BCUT2D eigenvalue weighted by atomic mass is 32.7. The van der Waals surface area contributed by atoms with E-state index in [2.05, 4.69) is 72.1 Å². The average Bonchev–Trinajstić information content (AvgIpc) is 1.89. The minimum absolute atomic E-state index is 0.0215. The second-order valence-corrected chi connectivity index (χ2v) is 27.7. The highest BCUT2D eigenvalue weighted by Gasteiger charge is 2.54. The third-order valence-corrected chi connectivity index (χ3v) is 18.8. The summed E-state index contributed by atoms with van der Waals surface area (Å²) in [7, 11) is 0. The standard InChI is InChI=1S/C40H49N20O19P3S3/c41-29-17-33(49-5-45-29)57(9-53-17)37-25(66)21(62)14(74-37)2-70-80(67,83)78-27-23(64)16(76-39(27)59-11-55-19-31(43)47-7-51-35(19)59)4-72-82(69,85)79-28-24(65)15(75-40(28)60-12-56-20-32(44)48-8-52-36(20)60)3-71-81(68,84)77-26-22(63)13(1-61)73-38(26)58-10-54-18-30(42)46-6-50-34(18)58/h5-16,21-28,37-40,61-66H,1-4H2,(H,67,83)(H,68,84)(H,69,85)(H2,41,45,49)(H2,42,46,50)(H2,43,47,51)(H2,44,48,52)/t13-,14-,15-,16-,21-,22-,23-,24-,25-,26-,27-,28-,37-,38-,39-,40-,80?,81?,82?/m1/s1. The van der Waals surface area contributed by atoms with Crippen LogP contribution in [-0.2, 0) is 74.3 Å². The lowest BCUT2D eigenvalue weighted by atomic mass is 10.1. The third-order valence-electron chi connectivity index (χ3n) is 14.1. The molecule has 85 heavy (non-hydrogen) atoms. The van der Waals surface area contributed by atoms with Crippen molar-refractivity contribution in [1.29, 1.82) is 0 Å². The Morgan fingerprint density at radius 2 is 0.765 bits per heavy atom. The molecule has 0 saturated carbocycles. The van der Waals surface area contributed by atoms with Crippen LogP contribution in [0.4, 0.5) is 23.3 Å². The number of nitrogen functional groups attached to an aromatic ring is 4. The van der Waals surface area contributed by atoms with Gasteiger partial charge in [-0.1, -0.05) is 12.2 Å². The van der Waals surface area contributed by atoms with Gasteiger partial charge in [-0.3, -0.25) is 36.4 Å². The molecule has 0 aromatic carbocycles. The van der Waals surface area contributed by atoms with Crippen LogP contribution in [0.5, 0.6) is 0 Å². The first kappa shape index (κ1) is 59.9. The van der Waals surface area contributed by atoms with Gasteiger partial charge in [-0.05, 0) is 23.6 Å². The first-order chi connectivity index (χ1) is 40.5. The molecule has 4 aliphatic heterocycles. The van der Waals surface area contributed by atoms with Crippen LogP contribution in [0, 0.1) is 0 Å². The average molecular weight is 1300 g/mol. The molecule has 12 heterocycles. The molecular formula is C40H49N20O19P3S3. The van der Waals surface area contributed by atoms with Gasteiger partial charge >= 0.3 is 20.2 Å². The number of nitrogens with two attached hydrogens (primary N) is 4. The van der Waals surface area contributed by atoms with Gasteiger partial charge in [-0.25, -0.2) is 64.4 Å². The number of anilines is 4. The van der Waals surface area contributed by atoms with E-state index < -0.39 is 145 Å². The smallest absolute Gasteiger partial charge is 0.386 e. The Labute approximate surface area is 489 Å². The summed E-state index contributed by atoms with van der Waals surface area (Å²) in [6.45, 7) is -16.8. The molecule has 4 saturated heterocycles. The van der Waals surface area contributed by atoms with Crippen molar-refractivity contribution in [2.24, 2.45) is 0 Å². The fraction of sp³-hybridized carbons (Fsp3) is 0.500. The molecule has 0 aliphatic carbocycles. The zero-order valence-electron chi connectivity index (χ0n) is 42.8. The van der Waals surface area contributed by atoms with Gasteiger partial charge in [0.25, 0.3) is 0 Å². The van der Waals surface area contributed by atoms with Crippen molar-refractivity contribution in [1.82, 2.24) is 78.1 Å². The topological polar surface area (TPSA) is 550 Å². The number of rotatable bonds is 20. The molecule has 0 radical (unpaired) electrons. The van der Waals surface area contributed by atoms with Gasteiger partial charge in [0.15, 0.2) is 70.8 Å². The van der Waals surface area contributed by atoms with Crippen LogP contribution in [0.15, 0.2) is 50.6 Å². The van der Waals surface area contributed by atoms with Gasteiger partial charge in [0.05, 0.1) is 51.7 Å². The van der Waals surface area contributed by atoms with Crippen molar-refractivity contribution < 1.29 is 91.1 Å². The molecule has 19 atom stereocenters. The molecule has 8 aromatic rings. The molecule has 39 nitrogen and oxygen atoms in total. The van der Waals surface area contributed by atoms with E-state index in [4.69, 9.17) is 92.6 Å². The minimum atomic E-state index is -4.67. The number of nitrogens with zero attached hydrogens (tertiary/aromatic N) is 16. The normalized spacial score (nSPS) is 32.0. The Kier molecular flexibility index (Phi) is 16.4. The SMILES string of the molecule is Nc1ncnc2c1ncn2[C@@H]1O[C@H](COP(O)(=S)O[C@@H]2[C@H](O)[C@@H](COP(O)(=S)O[C@@H]3[C@H](O)[C@@H](COP(=O)(S)O[C@@H]4[C@H](O)[C@@H](CO)O[C@H]4n4cnc5c(N)ncnc54)O[C@H]3n3cnc4c(N)ncnc43)O[C@H]2n2cnc3c(N)ncnc32)[C@@H](O)[C@H]1O. The van der Waals surface area contributed by atoms with E-state index in [9.17, 15) is 45.0 Å². The molecule has 4 aliphatic rings. The highest BCUT2D eigenvalue weighted by molar-refractivity contribution is 8.44. The summed E-state index contributed by atoms with van der Waals surface area (Å²) in [4.78, 5) is 72.7. The number of hydrogen-bond acceptors (Lipinski definition) is 35. The summed E-state index contributed by atoms with van der Waals surface area (Å²) in [5.41, 5.74) is 25.0. The van der Waals surface area contributed by atoms with Crippen molar-refractivity contribution in [3.63, 3.8) is 0 Å². The van der Waals surface area contributed by atoms with Gasteiger partial charge in [0, 0.05) is 0 Å². The summed E-state index contributed by atoms with van der Waals surface area (Å²) >= 11 is 15.0. The van der Waals surface area contributed by atoms with E-state index in [-0.39, 0.29) is 67.9 Å². The first-order valence-electron chi connectivity index (χ1n) is 24.8. The van der Waals surface area contributed by atoms with E-state index in [1.54, 1.807) is 0 Å². The Morgan fingerprint density at radius 1 is 0.459 bits per heavy atom. The second kappa shape index (κ2) is 23.3. The van der Waals surface area contributed by atoms with Gasteiger partial charge in [0.1, 0.15) is 121 Å². The first-order valence-corrected chi connectivity index (χ1v) is 32.7. The number of imidazole rings is 4.